The first-order valence-corrected chi connectivity index (χ1v) is 5.76. The second kappa shape index (κ2) is 5.84. The van der Waals surface area contributed by atoms with Gasteiger partial charge in [-0.25, -0.2) is 0 Å². The van der Waals surface area contributed by atoms with E-state index in [9.17, 15) is 9.59 Å². The van der Waals surface area contributed by atoms with Gasteiger partial charge in [-0.05, 0) is 26.7 Å². The van der Waals surface area contributed by atoms with Crippen molar-refractivity contribution < 1.29 is 9.59 Å². The smallest absolute Gasteiger partial charge is 0.236 e. The lowest BCUT2D eigenvalue weighted by molar-refractivity contribution is -0.129. The van der Waals surface area contributed by atoms with E-state index in [-0.39, 0.29) is 30.9 Å². The summed E-state index contributed by atoms with van der Waals surface area (Å²) >= 11 is 0. The van der Waals surface area contributed by atoms with Crippen LogP contribution in [0.3, 0.4) is 0 Å². The molecule has 5 heteroatoms. The Hall–Kier alpha value is -1.10. The van der Waals surface area contributed by atoms with Crippen molar-refractivity contribution in [2.24, 2.45) is 0 Å². The van der Waals surface area contributed by atoms with Gasteiger partial charge in [-0.2, -0.15) is 0 Å². The molecule has 0 aliphatic heterocycles. The number of nitrogens with one attached hydrogen (secondary N) is 2. The van der Waals surface area contributed by atoms with E-state index in [4.69, 9.17) is 0 Å². The Balaban J connectivity index is 2.10. The molecule has 0 aromatic heterocycles. The number of amides is 2. The molecule has 0 heterocycles. The highest BCUT2D eigenvalue weighted by Crippen LogP contribution is 2.24. The molecule has 0 bridgehead atoms. The molecule has 16 heavy (non-hydrogen) atoms. The van der Waals surface area contributed by atoms with E-state index in [1.807, 2.05) is 20.9 Å². The largest absolute Gasteiger partial charge is 0.353 e. The summed E-state index contributed by atoms with van der Waals surface area (Å²) in [6, 6.07) is 0.568. The summed E-state index contributed by atoms with van der Waals surface area (Å²) in [5.41, 5.74) is 0. The first-order valence-electron chi connectivity index (χ1n) is 5.76. The Morgan fingerprint density at radius 1 is 1.31 bits per heavy atom. The quantitative estimate of drug-likeness (QED) is 0.656. The molecule has 1 saturated carbocycles. The lowest BCUT2D eigenvalue weighted by atomic mass is 10.4. The average Bonchev–Trinajstić information content (AvgIpc) is 2.98. The van der Waals surface area contributed by atoms with Crippen LogP contribution in [0.25, 0.3) is 0 Å². The molecule has 0 aromatic carbocycles. The number of carbonyl (C=O) groups excluding carboxylic acids is 2. The number of rotatable bonds is 6. The fourth-order valence-corrected chi connectivity index (χ4v) is 1.45. The zero-order chi connectivity index (χ0) is 12.1. The summed E-state index contributed by atoms with van der Waals surface area (Å²) in [4.78, 5) is 24.6. The Kier molecular flexibility index (Phi) is 4.73. The summed E-state index contributed by atoms with van der Waals surface area (Å²) in [5.74, 6) is -0.0169. The molecule has 2 amide bonds. The molecular weight excluding hydrogens is 206 g/mol. The summed E-state index contributed by atoms with van der Waals surface area (Å²) in [6.07, 6.45) is 2.21. The third kappa shape index (κ3) is 4.61. The van der Waals surface area contributed by atoms with Gasteiger partial charge in [0.25, 0.3) is 0 Å². The Morgan fingerprint density at radius 2 is 1.94 bits per heavy atom. The lowest BCUT2D eigenvalue weighted by Crippen LogP contribution is -2.42. The third-order valence-electron chi connectivity index (χ3n) is 2.50. The minimum absolute atomic E-state index is 0.0554. The maximum atomic E-state index is 11.6. The predicted molar refractivity (Wildman–Crippen MR) is 61.9 cm³/mol. The standard InChI is InChI=1S/C11H21N3O2/c1-8(2)13-10(15)6-12-7-11(16)14(3)9-4-5-9/h8-9,12H,4-7H2,1-3H3,(H,13,15). The lowest BCUT2D eigenvalue weighted by Gasteiger charge is -2.16. The summed E-state index contributed by atoms with van der Waals surface area (Å²) in [5, 5.41) is 5.61. The van der Waals surface area contributed by atoms with E-state index < -0.39 is 0 Å². The zero-order valence-corrected chi connectivity index (χ0v) is 10.2. The molecule has 92 valence electrons. The number of nitrogens with zero attached hydrogens (tertiary/aromatic N) is 1. The molecule has 0 radical (unpaired) electrons. The molecule has 1 aliphatic carbocycles. The summed E-state index contributed by atoms with van der Waals surface area (Å²) in [6.45, 7) is 4.24. The van der Waals surface area contributed by atoms with Crippen LogP contribution in [0, 0.1) is 0 Å². The van der Waals surface area contributed by atoms with Crippen LogP contribution < -0.4 is 10.6 Å². The van der Waals surface area contributed by atoms with Gasteiger partial charge in [0.15, 0.2) is 0 Å². The third-order valence-corrected chi connectivity index (χ3v) is 2.50. The van der Waals surface area contributed by atoms with Gasteiger partial charge in [0.05, 0.1) is 13.1 Å². The van der Waals surface area contributed by atoms with Crippen molar-refractivity contribution in [1.82, 2.24) is 15.5 Å². The van der Waals surface area contributed by atoms with E-state index in [0.717, 1.165) is 12.8 Å². The van der Waals surface area contributed by atoms with E-state index in [0.29, 0.717) is 6.04 Å². The summed E-state index contributed by atoms with van der Waals surface area (Å²) < 4.78 is 0. The zero-order valence-electron chi connectivity index (χ0n) is 10.2. The van der Waals surface area contributed by atoms with Gasteiger partial charge in [-0.3, -0.25) is 14.9 Å². The molecule has 1 aliphatic rings. The molecule has 0 spiro atoms. The van der Waals surface area contributed by atoms with Crippen molar-refractivity contribution in [3.8, 4) is 0 Å². The van der Waals surface area contributed by atoms with Crippen molar-refractivity contribution in [2.45, 2.75) is 38.8 Å². The normalized spacial score (nSPS) is 15.0. The molecule has 2 N–H and O–H groups in total. The van der Waals surface area contributed by atoms with E-state index >= 15 is 0 Å². The second-order valence-electron chi connectivity index (χ2n) is 4.56. The number of hydrogen-bond acceptors (Lipinski definition) is 3. The van der Waals surface area contributed by atoms with Gasteiger partial charge in [0.1, 0.15) is 0 Å². The van der Waals surface area contributed by atoms with Gasteiger partial charge < -0.3 is 10.2 Å². The molecule has 0 unspecified atom stereocenters. The van der Waals surface area contributed by atoms with Crippen LogP contribution in [0.15, 0.2) is 0 Å². The maximum absolute atomic E-state index is 11.6. The van der Waals surface area contributed by atoms with Crippen LogP contribution in [-0.2, 0) is 9.59 Å². The fraction of sp³-hybridized carbons (Fsp3) is 0.818. The van der Waals surface area contributed by atoms with Gasteiger partial charge >= 0.3 is 0 Å². The van der Waals surface area contributed by atoms with Crippen molar-refractivity contribution in [3.05, 3.63) is 0 Å². The molecule has 5 nitrogen and oxygen atoms in total. The van der Waals surface area contributed by atoms with Crippen molar-refractivity contribution in [1.29, 1.82) is 0 Å². The molecule has 0 saturated heterocycles. The van der Waals surface area contributed by atoms with Crippen molar-refractivity contribution in [3.63, 3.8) is 0 Å². The van der Waals surface area contributed by atoms with E-state index in [1.54, 1.807) is 4.90 Å². The molecule has 1 fully saturated rings. The van der Waals surface area contributed by atoms with Crippen LogP contribution in [0.4, 0.5) is 0 Å². The van der Waals surface area contributed by atoms with Crippen molar-refractivity contribution >= 4 is 11.8 Å². The minimum Gasteiger partial charge on any atom is -0.353 e. The SMILES string of the molecule is CC(C)NC(=O)CNCC(=O)N(C)C1CC1. The molecular formula is C11H21N3O2. The Labute approximate surface area is 96.6 Å². The second-order valence-corrected chi connectivity index (χ2v) is 4.56. The van der Waals surface area contributed by atoms with Gasteiger partial charge in [-0.15, -0.1) is 0 Å². The number of likely N-dealkylation sites (N-methyl/N-ethyl adjacent to an activating group) is 1. The number of hydrogen-bond donors (Lipinski definition) is 2. The Bertz CT molecular complexity index is 262. The van der Waals surface area contributed by atoms with Gasteiger partial charge in [0.2, 0.25) is 11.8 Å². The first-order chi connectivity index (χ1) is 7.50. The minimum atomic E-state index is -0.0723. The van der Waals surface area contributed by atoms with Crippen molar-refractivity contribution in [2.75, 3.05) is 20.1 Å². The Morgan fingerprint density at radius 3 is 2.44 bits per heavy atom. The maximum Gasteiger partial charge on any atom is 0.236 e. The highest BCUT2D eigenvalue weighted by Gasteiger charge is 2.29. The highest BCUT2D eigenvalue weighted by molar-refractivity contribution is 5.81. The van der Waals surface area contributed by atoms with Crippen LogP contribution in [0.1, 0.15) is 26.7 Å². The van der Waals surface area contributed by atoms with Gasteiger partial charge in [0, 0.05) is 19.1 Å². The van der Waals surface area contributed by atoms with Crippen LogP contribution >= 0.6 is 0 Å². The first kappa shape index (κ1) is 13.0. The number of carbonyl (C=O) groups is 2. The topological polar surface area (TPSA) is 61.4 Å². The van der Waals surface area contributed by atoms with E-state index in [1.165, 1.54) is 0 Å². The molecule has 0 aromatic rings. The van der Waals surface area contributed by atoms with E-state index in [2.05, 4.69) is 10.6 Å². The van der Waals surface area contributed by atoms with Crippen LogP contribution in [0.5, 0.6) is 0 Å². The predicted octanol–water partition coefficient (Wildman–Crippen LogP) is -0.279. The summed E-state index contributed by atoms with van der Waals surface area (Å²) in [7, 11) is 1.82. The fourth-order valence-electron chi connectivity index (χ4n) is 1.45. The van der Waals surface area contributed by atoms with Crippen LogP contribution in [0.2, 0.25) is 0 Å². The van der Waals surface area contributed by atoms with Gasteiger partial charge in [-0.1, -0.05) is 0 Å². The van der Waals surface area contributed by atoms with Crippen LogP contribution in [-0.4, -0.2) is 48.9 Å². The molecule has 1 rings (SSSR count). The monoisotopic (exact) mass is 227 g/mol. The highest BCUT2D eigenvalue weighted by atomic mass is 16.2. The molecule has 0 atom stereocenters. The average molecular weight is 227 g/mol.